The van der Waals surface area contributed by atoms with Crippen LogP contribution in [0.1, 0.15) is 66.6 Å². The lowest BCUT2D eigenvalue weighted by molar-refractivity contribution is -0.116. The van der Waals surface area contributed by atoms with Crippen molar-refractivity contribution >= 4 is 74.9 Å². The van der Waals surface area contributed by atoms with Gasteiger partial charge >= 0.3 is 5.97 Å². The Balaban J connectivity index is 1.23. The zero-order chi connectivity index (χ0) is 34.9. The van der Waals surface area contributed by atoms with Gasteiger partial charge in [0, 0.05) is 25.9 Å². The predicted octanol–water partition coefficient (Wildman–Crippen LogP) is 8.75. The number of thiophene rings is 2. The average molecular weight is 722 g/mol. The second kappa shape index (κ2) is 16.6. The third-order valence-electron chi connectivity index (χ3n) is 7.93. The number of fused-ring (bicyclic) bond motifs is 1. The van der Waals surface area contributed by atoms with Crippen molar-refractivity contribution in [3.63, 3.8) is 0 Å². The highest BCUT2D eigenvalue weighted by atomic mass is 32.2. The molecule has 3 N–H and O–H groups in total. The molecule has 1 aliphatic carbocycles. The standard InChI is InChI=1S/C39H35N3O5S3/c1-2-47-39(46)33-30-20-9-10-21-32(30)50-38(33)42-37(45)34(25-13-5-3-6-14-25)49-29-18-11-17-27(23-29)40-36(44)31(24-28-19-12-22-48-28)41-35(43)26-15-7-4-8-16-26/h3-8,11-19,22-24,34H,2,9-10,20-21H2,1H3,(H,40,44)(H,41,43)(H,42,45)/b31-24-. The quantitative estimate of drug-likeness (QED) is 0.0675. The first kappa shape index (κ1) is 34.9. The average Bonchev–Trinajstić information content (AvgIpc) is 3.79. The first-order valence-corrected chi connectivity index (χ1v) is 18.8. The highest BCUT2D eigenvalue weighted by Gasteiger charge is 2.30. The van der Waals surface area contributed by atoms with Gasteiger partial charge in [-0.05, 0) is 91.6 Å². The van der Waals surface area contributed by atoms with Crippen LogP contribution in [-0.2, 0) is 27.2 Å². The number of rotatable bonds is 12. The fraction of sp³-hybridized carbons (Fsp3) is 0.179. The second-order valence-electron chi connectivity index (χ2n) is 11.4. The molecule has 11 heteroatoms. The van der Waals surface area contributed by atoms with Crippen molar-refractivity contribution in [1.29, 1.82) is 0 Å². The Bertz CT molecular complexity index is 2010. The molecule has 0 spiro atoms. The maximum Gasteiger partial charge on any atom is 0.341 e. The van der Waals surface area contributed by atoms with Crippen LogP contribution in [0.5, 0.6) is 0 Å². The maximum atomic E-state index is 14.1. The number of aryl methyl sites for hydroxylation is 1. The molecule has 2 heterocycles. The smallest absolute Gasteiger partial charge is 0.341 e. The van der Waals surface area contributed by atoms with E-state index >= 15 is 0 Å². The van der Waals surface area contributed by atoms with Gasteiger partial charge in [0.25, 0.3) is 11.8 Å². The summed E-state index contributed by atoms with van der Waals surface area (Å²) in [5, 5.41) is 10.5. The number of carbonyl (C=O) groups is 4. The summed E-state index contributed by atoms with van der Waals surface area (Å²) in [6.45, 7) is 2.02. The van der Waals surface area contributed by atoms with E-state index in [1.807, 2.05) is 60.0 Å². The van der Waals surface area contributed by atoms with Crippen LogP contribution >= 0.6 is 34.4 Å². The Kier molecular flexibility index (Phi) is 11.6. The van der Waals surface area contributed by atoms with Crippen molar-refractivity contribution < 1.29 is 23.9 Å². The molecule has 0 saturated carbocycles. The number of thioether (sulfide) groups is 1. The van der Waals surface area contributed by atoms with E-state index in [2.05, 4.69) is 16.0 Å². The number of ether oxygens (including phenoxy) is 1. The third kappa shape index (κ3) is 8.60. The molecule has 8 nitrogen and oxygen atoms in total. The number of benzene rings is 3. The molecule has 0 bridgehead atoms. The van der Waals surface area contributed by atoms with Crippen LogP contribution in [0.25, 0.3) is 6.08 Å². The summed E-state index contributed by atoms with van der Waals surface area (Å²) in [7, 11) is 0. The molecule has 254 valence electrons. The fourth-order valence-corrected chi connectivity index (χ4v) is 8.61. The highest BCUT2D eigenvalue weighted by Crippen LogP contribution is 2.41. The SMILES string of the molecule is CCOC(=O)c1c(NC(=O)C(Sc2cccc(NC(=O)/C(=C/c3cccs3)NC(=O)c3ccccc3)c2)c2ccccc2)sc2c1CCCC2. The van der Waals surface area contributed by atoms with Gasteiger partial charge in [-0.25, -0.2) is 4.79 Å². The third-order valence-corrected chi connectivity index (χ3v) is 11.2. The van der Waals surface area contributed by atoms with E-state index in [-0.39, 0.29) is 18.2 Å². The highest BCUT2D eigenvalue weighted by molar-refractivity contribution is 8.00. The topological polar surface area (TPSA) is 114 Å². The Labute approximate surface area is 303 Å². The van der Waals surface area contributed by atoms with Crippen LogP contribution < -0.4 is 16.0 Å². The maximum absolute atomic E-state index is 14.1. The van der Waals surface area contributed by atoms with Gasteiger partial charge in [-0.3, -0.25) is 14.4 Å². The van der Waals surface area contributed by atoms with Gasteiger partial charge in [0.1, 0.15) is 15.9 Å². The summed E-state index contributed by atoms with van der Waals surface area (Å²) in [4.78, 5) is 56.4. The summed E-state index contributed by atoms with van der Waals surface area (Å²) in [5.74, 6) is -1.58. The van der Waals surface area contributed by atoms with Gasteiger partial charge in [0.05, 0.1) is 12.2 Å². The van der Waals surface area contributed by atoms with Crippen molar-refractivity contribution in [2.75, 3.05) is 17.2 Å². The fourth-order valence-electron chi connectivity index (χ4n) is 5.59. The molecule has 5 aromatic rings. The summed E-state index contributed by atoms with van der Waals surface area (Å²) in [6.07, 6.45) is 5.33. The molecule has 0 saturated heterocycles. The number of hydrogen-bond acceptors (Lipinski definition) is 8. The van der Waals surface area contributed by atoms with Gasteiger partial charge in [0.2, 0.25) is 5.91 Å². The molecule has 0 radical (unpaired) electrons. The zero-order valence-corrected chi connectivity index (χ0v) is 29.7. The van der Waals surface area contributed by atoms with Crippen LogP contribution in [0.3, 0.4) is 0 Å². The second-order valence-corrected chi connectivity index (χ2v) is 14.7. The van der Waals surface area contributed by atoms with Crippen LogP contribution in [0.4, 0.5) is 10.7 Å². The van der Waals surface area contributed by atoms with E-state index in [0.29, 0.717) is 21.8 Å². The number of nitrogens with one attached hydrogen (secondary N) is 3. The van der Waals surface area contributed by atoms with Gasteiger partial charge < -0.3 is 20.7 Å². The minimum Gasteiger partial charge on any atom is -0.462 e. The van der Waals surface area contributed by atoms with Crippen LogP contribution in [0, 0.1) is 0 Å². The van der Waals surface area contributed by atoms with E-state index in [1.165, 1.54) is 34.4 Å². The molecule has 1 atom stereocenters. The molecule has 0 fully saturated rings. The predicted molar refractivity (Wildman–Crippen MR) is 202 cm³/mol. The number of hydrogen-bond donors (Lipinski definition) is 3. The van der Waals surface area contributed by atoms with Gasteiger partial charge in [-0.15, -0.1) is 34.4 Å². The number of esters is 1. The molecule has 2 aromatic heterocycles. The van der Waals surface area contributed by atoms with Crippen LogP contribution in [0.2, 0.25) is 0 Å². The van der Waals surface area contributed by atoms with E-state index in [1.54, 1.807) is 55.5 Å². The van der Waals surface area contributed by atoms with Crippen molar-refractivity contribution in [2.45, 2.75) is 42.8 Å². The Hall–Kier alpha value is -4.97. The number of anilines is 2. The van der Waals surface area contributed by atoms with Gasteiger partial charge in [0.15, 0.2) is 0 Å². The molecule has 3 amide bonds. The number of amides is 3. The summed E-state index contributed by atoms with van der Waals surface area (Å²) >= 11 is 4.23. The van der Waals surface area contributed by atoms with E-state index in [9.17, 15) is 19.2 Å². The Morgan fingerprint density at radius 2 is 1.64 bits per heavy atom. The van der Waals surface area contributed by atoms with Gasteiger partial charge in [-0.2, -0.15) is 0 Å². The van der Waals surface area contributed by atoms with Crippen LogP contribution in [-0.4, -0.2) is 30.3 Å². The molecular formula is C39H35N3O5S3. The van der Waals surface area contributed by atoms with Crippen molar-refractivity contribution in [2.24, 2.45) is 0 Å². The Morgan fingerprint density at radius 1 is 0.880 bits per heavy atom. The molecule has 1 unspecified atom stereocenters. The summed E-state index contributed by atoms with van der Waals surface area (Å²) < 4.78 is 5.40. The Morgan fingerprint density at radius 3 is 2.38 bits per heavy atom. The molecule has 0 aliphatic heterocycles. The zero-order valence-electron chi connectivity index (χ0n) is 27.3. The molecule has 1 aliphatic rings. The minimum atomic E-state index is -0.671. The van der Waals surface area contributed by atoms with E-state index in [0.717, 1.165) is 51.5 Å². The molecule has 6 rings (SSSR count). The summed E-state index contributed by atoms with van der Waals surface area (Å²) in [6, 6.07) is 29.1. The van der Waals surface area contributed by atoms with E-state index < -0.39 is 23.0 Å². The van der Waals surface area contributed by atoms with Crippen molar-refractivity contribution in [3.8, 4) is 0 Å². The van der Waals surface area contributed by atoms with Crippen molar-refractivity contribution in [3.05, 3.63) is 140 Å². The number of carbonyl (C=O) groups excluding carboxylic acids is 4. The first-order chi connectivity index (χ1) is 24.4. The normalized spacial score (nSPS) is 13.1. The minimum absolute atomic E-state index is 0.0944. The lowest BCUT2D eigenvalue weighted by Gasteiger charge is -2.18. The monoisotopic (exact) mass is 721 g/mol. The lowest BCUT2D eigenvalue weighted by atomic mass is 9.95. The van der Waals surface area contributed by atoms with Crippen LogP contribution in [0.15, 0.2) is 113 Å². The van der Waals surface area contributed by atoms with Gasteiger partial charge in [-0.1, -0.05) is 60.7 Å². The van der Waals surface area contributed by atoms with E-state index in [4.69, 9.17) is 4.74 Å². The molecule has 50 heavy (non-hydrogen) atoms. The lowest BCUT2D eigenvalue weighted by Crippen LogP contribution is -2.30. The summed E-state index contributed by atoms with van der Waals surface area (Å²) in [5.41, 5.74) is 3.25. The van der Waals surface area contributed by atoms with Crippen molar-refractivity contribution in [1.82, 2.24) is 5.32 Å². The first-order valence-electron chi connectivity index (χ1n) is 16.3. The molecular weight excluding hydrogens is 687 g/mol. The molecule has 3 aromatic carbocycles. The largest absolute Gasteiger partial charge is 0.462 e.